The van der Waals surface area contributed by atoms with E-state index in [1.807, 2.05) is 0 Å². The Labute approximate surface area is 174 Å². The highest BCUT2D eigenvalue weighted by atomic mass is 16.4. The zero-order valence-corrected chi connectivity index (χ0v) is 18.3. The zero-order chi connectivity index (χ0) is 21.1. The maximum atomic E-state index is 11.5. The molecule has 5 nitrogen and oxygen atoms in total. The van der Waals surface area contributed by atoms with Gasteiger partial charge in [0.25, 0.3) is 0 Å². The lowest BCUT2D eigenvalue weighted by Crippen LogP contribution is -2.62. The topological polar surface area (TPSA) is 98.0 Å². The summed E-state index contributed by atoms with van der Waals surface area (Å²) in [6, 6.07) is 0. The van der Waals surface area contributed by atoms with E-state index in [2.05, 4.69) is 20.8 Å². The van der Waals surface area contributed by atoms with Crippen LogP contribution in [0.25, 0.3) is 0 Å². The van der Waals surface area contributed by atoms with Gasteiger partial charge in [-0.05, 0) is 97.7 Å². The lowest BCUT2D eigenvalue weighted by Gasteiger charge is -2.63. The van der Waals surface area contributed by atoms with E-state index in [1.54, 1.807) is 0 Å². The number of aliphatic hydroxyl groups excluding tert-OH is 3. The van der Waals surface area contributed by atoms with Crippen LogP contribution in [0.4, 0.5) is 0 Å². The van der Waals surface area contributed by atoms with Gasteiger partial charge in [0, 0.05) is 6.42 Å². The lowest BCUT2D eigenvalue weighted by atomic mass is 9.43. The number of aliphatic hydroxyl groups is 3. The van der Waals surface area contributed by atoms with Crippen molar-refractivity contribution < 1.29 is 25.2 Å². The first-order valence-electron chi connectivity index (χ1n) is 11.8. The first-order valence-corrected chi connectivity index (χ1v) is 11.8. The van der Waals surface area contributed by atoms with Crippen LogP contribution in [0, 0.1) is 46.3 Å². The number of rotatable bonds is 4. The van der Waals surface area contributed by atoms with Crippen LogP contribution in [0.15, 0.2) is 0 Å². The van der Waals surface area contributed by atoms with E-state index in [9.17, 15) is 20.1 Å². The number of aliphatic carboxylic acids is 1. The van der Waals surface area contributed by atoms with E-state index in [1.165, 1.54) is 0 Å². The van der Waals surface area contributed by atoms with E-state index in [0.29, 0.717) is 30.1 Å². The van der Waals surface area contributed by atoms with Crippen LogP contribution in [-0.4, -0.2) is 44.7 Å². The Morgan fingerprint density at radius 2 is 1.76 bits per heavy atom. The molecule has 0 aromatic heterocycles. The van der Waals surface area contributed by atoms with Crippen molar-refractivity contribution in [1.82, 2.24) is 0 Å². The normalized spacial score (nSPS) is 52.9. The van der Waals surface area contributed by atoms with E-state index in [-0.39, 0.29) is 41.3 Å². The highest BCUT2D eigenvalue weighted by molar-refractivity contribution is 5.66. The Bertz CT molecular complexity index is 637. The van der Waals surface area contributed by atoms with E-state index in [4.69, 9.17) is 5.11 Å². The third kappa shape index (κ3) is 3.27. The standard InChI is InChI=1S/C24H40O5/c1-13(4-7-21(28)29)16-5-6-17-22-18(12-20(27)24(16,17)3)23(2)9-8-15(25)10-14(23)11-19(22)26/h13-20,22,25-27H,4-12H2,1-3H3,(H,28,29)/t13-,14+,15-,16-,17+,18+,19-,20-,22+,23+,24-/m1/s1. The fraction of sp³-hybridized carbons (Fsp3) is 0.958. The number of carboxylic acids is 1. The van der Waals surface area contributed by atoms with Crippen molar-refractivity contribution in [3.05, 3.63) is 0 Å². The van der Waals surface area contributed by atoms with Gasteiger partial charge in [0.1, 0.15) is 0 Å². The second-order valence-electron chi connectivity index (χ2n) is 11.4. The molecule has 29 heavy (non-hydrogen) atoms. The molecule has 166 valence electrons. The van der Waals surface area contributed by atoms with Gasteiger partial charge in [-0.1, -0.05) is 20.8 Å². The average Bonchev–Trinajstić information content (AvgIpc) is 3.01. The summed E-state index contributed by atoms with van der Waals surface area (Å²) in [5, 5.41) is 42.0. The minimum Gasteiger partial charge on any atom is -0.481 e. The molecule has 0 aromatic carbocycles. The molecule has 4 rings (SSSR count). The van der Waals surface area contributed by atoms with Gasteiger partial charge in [0.05, 0.1) is 18.3 Å². The van der Waals surface area contributed by atoms with Crippen LogP contribution in [-0.2, 0) is 4.79 Å². The summed E-state index contributed by atoms with van der Waals surface area (Å²) in [7, 11) is 0. The summed E-state index contributed by atoms with van der Waals surface area (Å²) in [6.07, 6.45) is 6.00. The van der Waals surface area contributed by atoms with Gasteiger partial charge in [0.2, 0.25) is 0 Å². The van der Waals surface area contributed by atoms with Crippen molar-refractivity contribution in [2.24, 2.45) is 46.3 Å². The molecule has 4 N–H and O–H groups in total. The fourth-order valence-electron chi connectivity index (χ4n) is 8.68. The highest BCUT2D eigenvalue weighted by Gasteiger charge is 2.65. The Morgan fingerprint density at radius 3 is 2.45 bits per heavy atom. The molecule has 4 fully saturated rings. The summed E-state index contributed by atoms with van der Waals surface area (Å²) < 4.78 is 0. The van der Waals surface area contributed by atoms with Crippen molar-refractivity contribution in [2.75, 3.05) is 0 Å². The number of carboxylic acid groups (broad SMARTS) is 1. The van der Waals surface area contributed by atoms with Crippen LogP contribution in [0.1, 0.15) is 78.6 Å². The predicted octanol–water partition coefficient (Wildman–Crippen LogP) is 3.45. The molecule has 0 aromatic rings. The molecule has 0 amide bonds. The number of hydrogen-bond acceptors (Lipinski definition) is 4. The quantitative estimate of drug-likeness (QED) is 0.571. The Balaban J connectivity index is 1.61. The predicted molar refractivity (Wildman–Crippen MR) is 110 cm³/mol. The second-order valence-corrected chi connectivity index (χ2v) is 11.4. The van der Waals surface area contributed by atoms with Gasteiger partial charge in [-0.25, -0.2) is 0 Å². The van der Waals surface area contributed by atoms with Gasteiger partial charge in [-0.2, -0.15) is 0 Å². The van der Waals surface area contributed by atoms with Crippen molar-refractivity contribution in [3.8, 4) is 0 Å². The van der Waals surface area contributed by atoms with E-state index >= 15 is 0 Å². The summed E-state index contributed by atoms with van der Waals surface area (Å²) >= 11 is 0. The van der Waals surface area contributed by atoms with Crippen LogP contribution in [0.3, 0.4) is 0 Å². The summed E-state index contributed by atoms with van der Waals surface area (Å²) in [5.74, 6) is 0.997. The highest BCUT2D eigenvalue weighted by Crippen LogP contribution is 2.68. The van der Waals surface area contributed by atoms with Crippen LogP contribution in [0.2, 0.25) is 0 Å². The third-order valence-electron chi connectivity index (χ3n) is 10.3. The number of carbonyl (C=O) groups is 1. The molecule has 0 bridgehead atoms. The molecule has 4 saturated carbocycles. The first-order chi connectivity index (χ1) is 13.6. The third-order valence-corrected chi connectivity index (χ3v) is 10.3. The Morgan fingerprint density at radius 1 is 1.03 bits per heavy atom. The average molecular weight is 409 g/mol. The van der Waals surface area contributed by atoms with Crippen LogP contribution < -0.4 is 0 Å². The van der Waals surface area contributed by atoms with Gasteiger partial charge >= 0.3 is 5.97 Å². The van der Waals surface area contributed by atoms with Gasteiger partial charge < -0.3 is 20.4 Å². The minimum atomic E-state index is -0.748. The van der Waals surface area contributed by atoms with Gasteiger partial charge in [0.15, 0.2) is 0 Å². The molecule has 4 aliphatic carbocycles. The molecule has 11 atom stereocenters. The largest absolute Gasteiger partial charge is 0.481 e. The molecule has 0 unspecified atom stereocenters. The van der Waals surface area contributed by atoms with Crippen molar-refractivity contribution >= 4 is 5.97 Å². The van der Waals surface area contributed by atoms with E-state index < -0.39 is 12.1 Å². The van der Waals surface area contributed by atoms with Crippen LogP contribution in [0.5, 0.6) is 0 Å². The lowest BCUT2D eigenvalue weighted by molar-refractivity contribution is -0.207. The first kappa shape index (κ1) is 21.6. The SMILES string of the molecule is C[C@H](CCC(=O)O)[C@H]1CC[C@H]2[C@@H]3[C@H](O)C[C@@H]4C[C@H](O)CC[C@]4(C)[C@H]3C[C@@H](O)[C@]12C. The van der Waals surface area contributed by atoms with Gasteiger partial charge in [-0.15, -0.1) is 0 Å². The fourth-order valence-corrected chi connectivity index (χ4v) is 8.68. The molecule has 0 spiro atoms. The Hall–Kier alpha value is -0.650. The Kier molecular flexibility index (Phi) is 5.57. The monoisotopic (exact) mass is 408 g/mol. The van der Waals surface area contributed by atoms with Crippen molar-refractivity contribution in [2.45, 2.75) is 96.9 Å². The number of hydrogen-bond donors (Lipinski definition) is 4. The molecule has 5 heteroatoms. The maximum Gasteiger partial charge on any atom is 0.303 e. The second kappa shape index (κ2) is 7.49. The maximum absolute atomic E-state index is 11.5. The van der Waals surface area contributed by atoms with Crippen LogP contribution >= 0.6 is 0 Å². The summed E-state index contributed by atoms with van der Waals surface area (Å²) in [5.41, 5.74) is -0.143. The molecule has 0 heterocycles. The van der Waals surface area contributed by atoms with E-state index in [0.717, 1.165) is 44.9 Å². The molecule has 0 saturated heterocycles. The molecule has 4 aliphatic rings. The molecule has 0 aliphatic heterocycles. The minimum absolute atomic E-state index is 0.0957. The summed E-state index contributed by atoms with van der Waals surface area (Å²) in [4.78, 5) is 11.1. The van der Waals surface area contributed by atoms with Crippen molar-refractivity contribution in [3.63, 3.8) is 0 Å². The molecule has 0 radical (unpaired) electrons. The molecular formula is C24H40O5. The smallest absolute Gasteiger partial charge is 0.303 e. The summed E-state index contributed by atoms with van der Waals surface area (Å²) in [6.45, 7) is 6.72. The number of fused-ring (bicyclic) bond motifs is 5. The van der Waals surface area contributed by atoms with Gasteiger partial charge in [-0.3, -0.25) is 4.79 Å². The van der Waals surface area contributed by atoms with Crippen molar-refractivity contribution in [1.29, 1.82) is 0 Å². The molecular weight excluding hydrogens is 368 g/mol. The zero-order valence-electron chi connectivity index (χ0n) is 18.3.